The van der Waals surface area contributed by atoms with Crippen LogP contribution in [0.25, 0.3) is 0 Å². The van der Waals surface area contributed by atoms with Gasteiger partial charge in [0, 0.05) is 11.8 Å². The maximum absolute atomic E-state index is 12.2. The molecule has 0 aliphatic rings. The minimum absolute atomic E-state index is 0.212. The highest BCUT2D eigenvalue weighted by Gasteiger charge is 2.29. The Morgan fingerprint density at radius 1 is 1.08 bits per heavy atom. The number of methoxy groups -OCH3 is 3. The molecule has 24 heavy (non-hydrogen) atoms. The number of amides is 1. The topological polar surface area (TPSA) is 73.9 Å². The number of aryl methyl sites for hydroxylation is 1. The lowest BCUT2D eigenvalue weighted by atomic mass is 9.94. The zero-order valence-electron chi connectivity index (χ0n) is 15.5. The zero-order valence-corrected chi connectivity index (χ0v) is 15.5. The number of benzene rings is 1. The predicted octanol–water partition coefficient (Wildman–Crippen LogP) is 2.26. The van der Waals surface area contributed by atoms with Gasteiger partial charge in [0.15, 0.2) is 11.5 Å². The Hall–Kier alpha value is -2.24. The monoisotopic (exact) mass is 337 g/mol. The third-order valence-corrected chi connectivity index (χ3v) is 3.74. The van der Waals surface area contributed by atoms with Gasteiger partial charge >= 0.3 is 5.97 Å². The minimum Gasteiger partial charge on any atom is -0.493 e. The van der Waals surface area contributed by atoms with Crippen LogP contribution in [0.1, 0.15) is 31.9 Å². The molecule has 1 atom stereocenters. The summed E-state index contributed by atoms with van der Waals surface area (Å²) in [6, 6.07) is 2.89. The summed E-state index contributed by atoms with van der Waals surface area (Å²) >= 11 is 0. The van der Waals surface area contributed by atoms with Crippen molar-refractivity contribution >= 4 is 11.9 Å². The SMILES string of the molecule is COC(=O)C(Cc1cc(OC)c(OC)cc1C)NC(=O)C(C)(C)C. The maximum Gasteiger partial charge on any atom is 0.328 e. The highest BCUT2D eigenvalue weighted by molar-refractivity contribution is 5.87. The largest absolute Gasteiger partial charge is 0.493 e. The number of hydrogen-bond acceptors (Lipinski definition) is 5. The van der Waals surface area contributed by atoms with E-state index in [-0.39, 0.29) is 5.91 Å². The van der Waals surface area contributed by atoms with Gasteiger partial charge in [-0.2, -0.15) is 0 Å². The normalized spacial score (nSPS) is 12.3. The van der Waals surface area contributed by atoms with Crippen molar-refractivity contribution in [3.63, 3.8) is 0 Å². The van der Waals surface area contributed by atoms with Crippen LogP contribution in [0.4, 0.5) is 0 Å². The molecule has 0 saturated carbocycles. The van der Waals surface area contributed by atoms with E-state index < -0.39 is 17.4 Å². The molecular formula is C18H27NO5. The summed E-state index contributed by atoms with van der Waals surface area (Å²) in [7, 11) is 4.42. The Morgan fingerprint density at radius 2 is 1.62 bits per heavy atom. The first-order chi connectivity index (χ1) is 11.1. The van der Waals surface area contributed by atoms with Crippen LogP contribution in [0.15, 0.2) is 12.1 Å². The number of carbonyl (C=O) groups excluding carboxylic acids is 2. The quantitative estimate of drug-likeness (QED) is 0.806. The van der Waals surface area contributed by atoms with Crippen LogP contribution >= 0.6 is 0 Å². The number of hydrogen-bond donors (Lipinski definition) is 1. The molecule has 1 N–H and O–H groups in total. The maximum atomic E-state index is 12.2. The molecule has 134 valence electrons. The second-order valence-electron chi connectivity index (χ2n) is 6.64. The molecule has 0 heterocycles. The van der Waals surface area contributed by atoms with E-state index in [2.05, 4.69) is 5.32 Å². The van der Waals surface area contributed by atoms with Crippen LogP contribution in [0.3, 0.4) is 0 Å². The molecular weight excluding hydrogens is 310 g/mol. The van der Waals surface area contributed by atoms with Crippen molar-refractivity contribution in [2.45, 2.75) is 40.2 Å². The summed E-state index contributed by atoms with van der Waals surface area (Å²) in [6.45, 7) is 7.28. The van der Waals surface area contributed by atoms with Crippen LogP contribution in [-0.2, 0) is 20.7 Å². The van der Waals surface area contributed by atoms with Gasteiger partial charge in [-0.05, 0) is 30.2 Å². The molecule has 1 rings (SSSR count). The molecule has 6 nitrogen and oxygen atoms in total. The van der Waals surface area contributed by atoms with Crippen molar-refractivity contribution in [2.75, 3.05) is 21.3 Å². The van der Waals surface area contributed by atoms with E-state index >= 15 is 0 Å². The Labute approximate surface area is 143 Å². The molecule has 0 radical (unpaired) electrons. The molecule has 0 bridgehead atoms. The van der Waals surface area contributed by atoms with Crippen LogP contribution < -0.4 is 14.8 Å². The highest BCUT2D eigenvalue weighted by Crippen LogP contribution is 2.31. The van der Waals surface area contributed by atoms with E-state index in [1.807, 2.05) is 19.1 Å². The molecule has 1 aromatic rings. The summed E-state index contributed by atoms with van der Waals surface area (Å²) in [5.74, 6) is 0.494. The number of esters is 1. The lowest BCUT2D eigenvalue weighted by Gasteiger charge is -2.23. The average molecular weight is 337 g/mol. The molecule has 0 spiro atoms. The van der Waals surface area contributed by atoms with Crippen molar-refractivity contribution in [3.05, 3.63) is 23.3 Å². The second kappa shape index (κ2) is 8.04. The fourth-order valence-corrected chi connectivity index (χ4v) is 2.17. The first-order valence-corrected chi connectivity index (χ1v) is 7.74. The Balaban J connectivity index is 3.11. The van der Waals surface area contributed by atoms with Crippen LogP contribution in [0.5, 0.6) is 11.5 Å². The van der Waals surface area contributed by atoms with Gasteiger partial charge in [0.1, 0.15) is 6.04 Å². The Bertz CT molecular complexity index is 604. The third kappa shape index (κ3) is 4.88. The molecule has 1 amide bonds. The van der Waals surface area contributed by atoms with E-state index in [1.165, 1.54) is 7.11 Å². The average Bonchev–Trinajstić information content (AvgIpc) is 2.53. The molecule has 0 aliphatic heterocycles. The lowest BCUT2D eigenvalue weighted by molar-refractivity contribution is -0.146. The summed E-state index contributed by atoms with van der Waals surface area (Å²) < 4.78 is 15.4. The van der Waals surface area contributed by atoms with E-state index in [0.717, 1.165) is 11.1 Å². The molecule has 0 aliphatic carbocycles. The lowest BCUT2D eigenvalue weighted by Crippen LogP contribution is -2.47. The summed E-state index contributed by atoms with van der Waals surface area (Å²) in [6.07, 6.45) is 0.306. The third-order valence-electron chi connectivity index (χ3n) is 3.74. The van der Waals surface area contributed by atoms with E-state index in [0.29, 0.717) is 17.9 Å². The van der Waals surface area contributed by atoms with Crippen molar-refractivity contribution in [3.8, 4) is 11.5 Å². The number of ether oxygens (including phenoxy) is 3. The molecule has 0 saturated heterocycles. The van der Waals surface area contributed by atoms with Gasteiger partial charge in [-0.25, -0.2) is 4.79 Å². The molecule has 1 aromatic carbocycles. The van der Waals surface area contributed by atoms with Crippen molar-refractivity contribution in [2.24, 2.45) is 5.41 Å². The standard InChI is InChI=1S/C18H27NO5/c1-11-8-14(22-5)15(23-6)10-12(11)9-13(16(20)24-7)19-17(21)18(2,3)4/h8,10,13H,9H2,1-7H3,(H,19,21). The van der Waals surface area contributed by atoms with Crippen molar-refractivity contribution in [1.29, 1.82) is 0 Å². The van der Waals surface area contributed by atoms with Gasteiger partial charge < -0.3 is 19.5 Å². The first-order valence-electron chi connectivity index (χ1n) is 7.74. The van der Waals surface area contributed by atoms with E-state index in [1.54, 1.807) is 35.0 Å². The molecule has 0 aromatic heterocycles. The Kier molecular flexibility index (Phi) is 6.63. The first kappa shape index (κ1) is 19.8. The van der Waals surface area contributed by atoms with Gasteiger partial charge in [0.05, 0.1) is 21.3 Å². The van der Waals surface area contributed by atoms with Gasteiger partial charge in [0.2, 0.25) is 5.91 Å². The smallest absolute Gasteiger partial charge is 0.328 e. The second-order valence-corrected chi connectivity index (χ2v) is 6.64. The van der Waals surface area contributed by atoms with Gasteiger partial charge in [-0.1, -0.05) is 20.8 Å². The fraction of sp³-hybridized carbons (Fsp3) is 0.556. The van der Waals surface area contributed by atoms with E-state index in [9.17, 15) is 9.59 Å². The van der Waals surface area contributed by atoms with Crippen molar-refractivity contribution < 1.29 is 23.8 Å². The number of carbonyl (C=O) groups is 2. The molecule has 6 heteroatoms. The summed E-state index contributed by atoms with van der Waals surface area (Å²) in [5, 5.41) is 2.76. The van der Waals surface area contributed by atoms with E-state index in [4.69, 9.17) is 14.2 Å². The van der Waals surface area contributed by atoms with Crippen LogP contribution in [0.2, 0.25) is 0 Å². The number of rotatable bonds is 6. The summed E-state index contributed by atoms with van der Waals surface area (Å²) in [4.78, 5) is 24.3. The van der Waals surface area contributed by atoms with Gasteiger partial charge in [-0.3, -0.25) is 4.79 Å². The van der Waals surface area contributed by atoms with Gasteiger partial charge in [0.25, 0.3) is 0 Å². The highest BCUT2D eigenvalue weighted by atomic mass is 16.5. The minimum atomic E-state index is -0.765. The number of nitrogens with one attached hydrogen (secondary N) is 1. The summed E-state index contributed by atoms with van der Waals surface area (Å²) in [5.41, 5.74) is 1.21. The molecule has 1 unspecified atom stereocenters. The van der Waals surface area contributed by atoms with Gasteiger partial charge in [-0.15, -0.1) is 0 Å². The van der Waals surface area contributed by atoms with Crippen molar-refractivity contribution in [1.82, 2.24) is 5.32 Å². The Morgan fingerprint density at radius 3 is 2.08 bits per heavy atom. The van der Waals surface area contributed by atoms with Crippen LogP contribution in [0, 0.1) is 12.3 Å². The van der Waals surface area contributed by atoms with Crippen LogP contribution in [-0.4, -0.2) is 39.2 Å². The fourth-order valence-electron chi connectivity index (χ4n) is 2.17. The predicted molar refractivity (Wildman–Crippen MR) is 91.4 cm³/mol. The molecule has 0 fully saturated rings. The zero-order chi connectivity index (χ0) is 18.5.